The van der Waals surface area contributed by atoms with Crippen LogP contribution in [-0.2, 0) is 7.05 Å². The van der Waals surface area contributed by atoms with E-state index in [4.69, 9.17) is 5.73 Å². The molecule has 14 heavy (non-hydrogen) atoms. The molecule has 78 valence electrons. The molecule has 0 aliphatic carbocycles. The second-order valence-electron chi connectivity index (χ2n) is 3.30. The van der Waals surface area contributed by atoms with Gasteiger partial charge in [0.1, 0.15) is 5.69 Å². The van der Waals surface area contributed by atoms with Gasteiger partial charge in [0, 0.05) is 20.6 Å². The zero-order valence-electron chi connectivity index (χ0n) is 8.82. The van der Waals surface area contributed by atoms with Gasteiger partial charge in [-0.05, 0) is 6.42 Å². The third kappa shape index (κ3) is 1.86. The van der Waals surface area contributed by atoms with Gasteiger partial charge in [0.05, 0.1) is 11.9 Å². The molecule has 0 spiro atoms. The van der Waals surface area contributed by atoms with Crippen molar-refractivity contribution >= 4 is 11.6 Å². The molecule has 0 unspecified atom stereocenters. The van der Waals surface area contributed by atoms with Gasteiger partial charge in [-0.1, -0.05) is 6.92 Å². The number of nitrogen functional groups attached to an aromatic ring is 1. The topological polar surface area (TPSA) is 64.2 Å². The number of aromatic nitrogens is 2. The van der Waals surface area contributed by atoms with Crippen molar-refractivity contribution in [3.8, 4) is 0 Å². The predicted octanol–water partition coefficient (Wildman–Crippen LogP) is 0.484. The van der Waals surface area contributed by atoms with Crippen LogP contribution in [0.2, 0.25) is 0 Å². The predicted molar refractivity (Wildman–Crippen MR) is 54.9 cm³/mol. The number of amides is 1. The summed E-state index contributed by atoms with van der Waals surface area (Å²) < 4.78 is 1.50. The van der Waals surface area contributed by atoms with Crippen LogP contribution < -0.4 is 5.73 Å². The molecule has 1 aromatic rings. The van der Waals surface area contributed by atoms with E-state index in [1.165, 1.54) is 10.9 Å². The lowest BCUT2D eigenvalue weighted by Crippen LogP contribution is -2.29. The molecule has 1 rings (SSSR count). The first-order valence-electron chi connectivity index (χ1n) is 4.60. The molecular formula is C9H16N4O. The van der Waals surface area contributed by atoms with Gasteiger partial charge in [0.2, 0.25) is 0 Å². The number of carbonyl (C=O) groups excluding carboxylic acids is 1. The number of nitrogens with two attached hydrogens (primary N) is 1. The van der Waals surface area contributed by atoms with E-state index in [1.807, 2.05) is 6.92 Å². The maximum atomic E-state index is 11.8. The fourth-order valence-electron chi connectivity index (χ4n) is 1.33. The van der Waals surface area contributed by atoms with Gasteiger partial charge >= 0.3 is 0 Å². The fraction of sp³-hybridized carbons (Fsp3) is 0.556. The van der Waals surface area contributed by atoms with Gasteiger partial charge in [-0.2, -0.15) is 5.10 Å². The van der Waals surface area contributed by atoms with Crippen LogP contribution in [0.1, 0.15) is 23.8 Å². The average molecular weight is 196 g/mol. The second-order valence-corrected chi connectivity index (χ2v) is 3.30. The summed E-state index contributed by atoms with van der Waals surface area (Å²) in [6.45, 7) is 2.75. The zero-order valence-corrected chi connectivity index (χ0v) is 8.82. The lowest BCUT2D eigenvalue weighted by atomic mass is 10.3. The Kier molecular flexibility index (Phi) is 3.11. The Morgan fingerprint density at radius 3 is 2.79 bits per heavy atom. The van der Waals surface area contributed by atoms with E-state index in [9.17, 15) is 4.79 Å². The van der Waals surface area contributed by atoms with Crippen molar-refractivity contribution in [2.45, 2.75) is 13.3 Å². The van der Waals surface area contributed by atoms with Crippen LogP contribution in [0.3, 0.4) is 0 Å². The highest BCUT2D eigenvalue weighted by molar-refractivity contribution is 5.97. The average Bonchev–Trinajstić information content (AvgIpc) is 2.46. The van der Waals surface area contributed by atoms with Crippen LogP contribution in [0.15, 0.2) is 6.20 Å². The molecule has 5 heteroatoms. The van der Waals surface area contributed by atoms with E-state index in [0.717, 1.165) is 13.0 Å². The highest BCUT2D eigenvalue weighted by atomic mass is 16.2. The largest absolute Gasteiger partial charge is 0.396 e. The molecule has 2 N–H and O–H groups in total. The number of carbonyl (C=O) groups is 1. The quantitative estimate of drug-likeness (QED) is 0.765. The minimum absolute atomic E-state index is 0.0793. The molecule has 0 aliphatic heterocycles. The maximum Gasteiger partial charge on any atom is 0.274 e. The third-order valence-corrected chi connectivity index (χ3v) is 2.08. The van der Waals surface area contributed by atoms with Crippen LogP contribution in [-0.4, -0.2) is 34.2 Å². The minimum Gasteiger partial charge on any atom is -0.396 e. The first-order chi connectivity index (χ1) is 6.57. The van der Waals surface area contributed by atoms with Crippen LogP contribution >= 0.6 is 0 Å². The molecule has 0 radical (unpaired) electrons. The molecule has 0 saturated heterocycles. The van der Waals surface area contributed by atoms with Crippen LogP contribution in [0.4, 0.5) is 5.69 Å². The third-order valence-electron chi connectivity index (χ3n) is 2.08. The summed E-state index contributed by atoms with van der Waals surface area (Å²) in [5, 5.41) is 3.92. The highest BCUT2D eigenvalue weighted by Gasteiger charge is 2.17. The highest BCUT2D eigenvalue weighted by Crippen LogP contribution is 2.11. The normalized spacial score (nSPS) is 10.2. The lowest BCUT2D eigenvalue weighted by molar-refractivity contribution is 0.0785. The van der Waals surface area contributed by atoms with E-state index >= 15 is 0 Å². The Morgan fingerprint density at radius 1 is 1.71 bits per heavy atom. The van der Waals surface area contributed by atoms with Crippen molar-refractivity contribution in [1.29, 1.82) is 0 Å². The summed E-state index contributed by atoms with van der Waals surface area (Å²) in [7, 11) is 3.47. The number of hydrogen-bond donors (Lipinski definition) is 1. The minimum atomic E-state index is -0.0793. The van der Waals surface area contributed by atoms with E-state index in [1.54, 1.807) is 19.0 Å². The summed E-state index contributed by atoms with van der Waals surface area (Å²) in [6.07, 6.45) is 2.42. The summed E-state index contributed by atoms with van der Waals surface area (Å²) in [5.41, 5.74) is 6.54. The molecule has 0 aromatic carbocycles. The number of aryl methyl sites for hydroxylation is 1. The molecule has 5 nitrogen and oxygen atoms in total. The summed E-state index contributed by atoms with van der Waals surface area (Å²) in [5.74, 6) is -0.0793. The van der Waals surface area contributed by atoms with Gasteiger partial charge in [-0.15, -0.1) is 0 Å². The van der Waals surface area contributed by atoms with Gasteiger partial charge in [0.15, 0.2) is 0 Å². The smallest absolute Gasteiger partial charge is 0.274 e. The van der Waals surface area contributed by atoms with Crippen molar-refractivity contribution in [2.24, 2.45) is 7.05 Å². The van der Waals surface area contributed by atoms with Gasteiger partial charge in [-0.3, -0.25) is 9.48 Å². The summed E-state index contributed by atoms with van der Waals surface area (Å²) in [4.78, 5) is 13.5. The summed E-state index contributed by atoms with van der Waals surface area (Å²) in [6, 6.07) is 0. The first-order valence-corrected chi connectivity index (χ1v) is 4.60. The van der Waals surface area contributed by atoms with Crippen molar-refractivity contribution in [3.05, 3.63) is 11.9 Å². The molecule has 0 fully saturated rings. The molecule has 0 saturated carbocycles. The standard InChI is InChI=1S/C9H16N4O/c1-4-5-12(2)9(14)8-7(10)6-11-13(8)3/h6H,4-5,10H2,1-3H3. The molecule has 0 bridgehead atoms. The number of rotatable bonds is 3. The Bertz CT molecular complexity index is 312. The number of anilines is 1. The van der Waals surface area contributed by atoms with Crippen molar-refractivity contribution in [1.82, 2.24) is 14.7 Å². The van der Waals surface area contributed by atoms with Gasteiger partial charge < -0.3 is 10.6 Å². The second kappa shape index (κ2) is 4.13. The van der Waals surface area contributed by atoms with Crippen LogP contribution in [0.5, 0.6) is 0 Å². The Morgan fingerprint density at radius 2 is 2.36 bits per heavy atom. The molecule has 1 amide bonds. The Labute approximate surface area is 83.5 Å². The molecule has 1 aromatic heterocycles. The maximum absolute atomic E-state index is 11.8. The Balaban J connectivity index is 2.88. The lowest BCUT2D eigenvalue weighted by Gasteiger charge is -2.16. The SMILES string of the molecule is CCCN(C)C(=O)c1c(N)cnn1C. The number of nitrogens with zero attached hydrogens (tertiary/aromatic N) is 3. The first kappa shape index (κ1) is 10.6. The van der Waals surface area contributed by atoms with Crippen LogP contribution in [0.25, 0.3) is 0 Å². The number of hydrogen-bond acceptors (Lipinski definition) is 3. The van der Waals surface area contributed by atoms with E-state index < -0.39 is 0 Å². The van der Waals surface area contributed by atoms with Crippen molar-refractivity contribution in [2.75, 3.05) is 19.3 Å². The van der Waals surface area contributed by atoms with Gasteiger partial charge in [-0.25, -0.2) is 0 Å². The van der Waals surface area contributed by atoms with Crippen LogP contribution in [0, 0.1) is 0 Å². The van der Waals surface area contributed by atoms with Gasteiger partial charge in [0.25, 0.3) is 5.91 Å². The van der Waals surface area contributed by atoms with E-state index in [2.05, 4.69) is 5.10 Å². The molecule has 1 heterocycles. The summed E-state index contributed by atoms with van der Waals surface area (Å²) >= 11 is 0. The van der Waals surface area contributed by atoms with E-state index in [-0.39, 0.29) is 5.91 Å². The molecule has 0 atom stereocenters. The fourth-order valence-corrected chi connectivity index (χ4v) is 1.33. The Hall–Kier alpha value is -1.52. The van der Waals surface area contributed by atoms with Crippen molar-refractivity contribution in [3.63, 3.8) is 0 Å². The van der Waals surface area contributed by atoms with Crippen molar-refractivity contribution < 1.29 is 4.79 Å². The monoisotopic (exact) mass is 196 g/mol. The zero-order chi connectivity index (χ0) is 10.7. The molecule has 0 aliphatic rings. The molecular weight excluding hydrogens is 180 g/mol. The van der Waals surface area contributed by atoms with E-state index in [0.29, 0.717) is 11.4 Å².